The molecular formula is C10H20N2S. The highest BCUT2D eigenvalue weighted by Crippen LogP contribution is 2.15. The molecule has 0 saturated carbocycles. The lowest BCUT2D eigenvalue weighted by atomic mass is 10.1. The van der Waals surface area contributed by atoms with Crippen molar-refractivity contribution in [2.45, 2.75) is 33.2 Å². The van der Waals surface area contributed by atoms with Gasteiger partial charge in [-0.2, -0.15) is 17.0 Å². The van der Waals surface area contributed by atoms with Gasteiger partial charge in [0.1, 0.15) is 5.54 Å². The van der Waals surface area contributed by atoms with Crippen LogP contribution in [0.25, 0.3) is 0 Å². The lowest BCUT2D eigenvalue weighted by Crippen LogP contribution is -2.43. The van der Waals surface area contributed by atoms with Crippen LogP contribution in [0.15, 0.2) is 0 Å². The summed E-state index contributed by atoms with van der Waals surface area (Å²) in [6.45, 7) is 9.24. The zero-order valence-electron chi connectivity index (χ0n) is 9.05. The van der Waals surface area contributed by atoms with Crippen LogP contribution in [-0.2, 0) is 0 Å². The van der Waals surface area contributed by atoms with Gasteiger partial charge in [0.25, 0.3) is 0 Å². The van der Waals surface area contributed by atoms with Gasteiger partial charge in [-0.05, 0) is 25.1 Å². The fraction of sp³-hybridized carbons (Fsp3) is 0.900. The summed E-state index contributed by atoms with van der Waals surface area (Å²) in [5.41, 5.74) is -0.353. The summed E-state index contributed by atoms with van der Waals surface area (Å²) in [7, 11) is 0. The Morgan fingerprint density at radius 2 is 2.15 bits per heavy atom. The van der Waals surface area contributed by atoms with Gasteiger partial charge in [0.2, 0.25) is 0 Å². The first kappa shape index (κ1) is 12.8. The molecule has 76 valence electrons. The number of nitrogens with zero attached hydrogens (tertiary/aromatic N) is 1. The van der Waals surface area contributed by atoms with Gasteiger partial charge in [-0.15, -0.1) is 0 Å². The molecule has 1 N–H and O–H groups in total. The Morgan fingerprint density at radius 1 is 1.54 bits per heavy atom. The molecule has 0 aromatic rings. The predicted octanol–water partition coefficient (Wildman–Crippen LogP) is 2.27. The summed E-state index contributed by atoms with van der Waals surface area (Å²) < 4.78 is 0. The van der Waals surface area contributed by atoms with Crippen LogP contribution < -0.4 is 5.32 Å². The molecule has 0 bridgehead atoms. The Morgan fingerprint density at radius 3 is 2.54 bits per heavy atom. The number of nitrogens with one attached hydrogen (secondary N) is 1. The molecule has 1 atom stereocenters. The van der Waals surface area contributed by atoms with E-state index in [0.717, 1.165) is 18.1 Å². The fourth-order valence-corrected chi connectivity index (χ4v) is 2.18. The Labute approximate surface area is 86.1 Å². The van der Waals surface area contributed by atoms with Crippen molar-refractivity contribution in [2.24, 2.45) is 5.92 Å². The maximum absolute atomic E-state index is 8.96. The summed E-state index contributed by atoms with van der Waals surface area (Å²) >= 11 is 1.85. The number of rotatable bonds is 6. The second kappa shape index (κ2) is 6.28. The van der Waals surface area contributed by atoms with Crippen LogP contribution in [0.5, 0.6) is 0 Å². The van der Waals surface area contributed by atoms with E-state index in [0.29, 0.717) is 5.92 Å². The zero-order chi connectivity index (χ0) is 10.3. The van der Waals surface area contributed by atoms with Crippen molar-refractivity contribution in [1.82, 2.24) is 5.32 Å². The van der Waals surface area contributed by atoms with Gasteiger partial charge < -0.3 is 0 Å². The maximum Gasteiger partial charge on any atom is 0.113 e. The van der Waals surface area contributed by atoms with Gasteiger partial charge in [-0.25, -0.2) is 0 Å². The van der Waals surface area contributed by atoms with Crippen LogP contribution in [-0.4, -0.2) is 23.6 Å². The number of nitriles is 1. The molecule has 13 heavy (non-hydrogen) atoms. The molecule has 0 aromatic heterocycles. The third-order valence-corrected chi connectivity index (χ3v) is 3.34. The summed E-state index contributed by atoms with van der Waals surface area (Å²) in [6, 6.07) is 2.32. The SMILES string of the molecule is CCNC(C)(C#N)CSCC(C)C. The molecule has 0 amide bonds. The van der Waals surface area contributed by atoms with Crippen molar-refractivity contribution in [1.29, 1.82) is 5.26 Å². The highest BCUT2D eigenvalue weighted by atomic mass is 32.2. The summed E-state index contributed by atoms with van der Waals surface area (Å²) in [5, 5.41) is 12.2. The van der Waals surface area contributed by atoms with E-state index in [1.165, 1.54) is 0 Å². The Hall–Kier alpha value is -0.200. The minimum atomic E-state index is -0.353. The van der Waals surface area contributed by atoms with Crippen molar-refractivity contribution in [3.8, 4) is 6.07 Å². The first-order chi connectivity index (χ1) is 6.04. The summed E-state index contributed by atoms with van der Waals surface area (Å²) in [4.78, 5) is 0. The molecule has 0 saturated heterocycles. The summed E-state index contributed by atoms with van der Waals surface area (Å²) in [5.74, 6) is 2.70. The Kier molecular flexibility index (Phi) is 6.19. The summed E-state index contributed by atoms with van der Waals surface area (Å²) in [6.07, 6.45) is 0. The topological polar surface area (TPSA) is 35.8 Å². The number of hydrogen-bond donors (Lipinski definition) is 1. The lowest BCUT2D eigenvalue weighted by Gasteiger charge is -2.22. The van der Waals surface area contributed by atoms with Crippen molar-refractivity contribution < 1.29 is 0 Å². The highest BCUT2D eigenvalue weighted by molar-refractivity contribution is 7.99. The van der Waals surface area contributed by atoms with Crippen molar-refractivity contribution >= 4 is 11.8 Å². The molecule has 0 aliphatic carbocycles. The van der Waals surface area contributed by atoms with Gasteiger partial charge in [0.15, 0.2) is 0 Å². The number of thioether (sulfide) groups is 1. The van der Waals surface area contributed by atoms with E-state index in [-0.39, 0.29) is 5.54 Å². The first-order valence-corrected chi connectivity index (χ1v) is 5.93. The average molecular weight is 200 g/mol. The number of hydrogen-bond acceptors (Lipinski definition) is 3. The van der Waals surface area contributed by atoms with Crippen LogP contribution >= 0.6 is 11.8 Å². The standard InChI is InChI=1S/C10H20N2S/c1-5-12-10(4,7-11)8-13-6-9(2)3/h9,12H,5-6,8H2,1-4H3. The quantitative estimate of drug-likeness (QED) is 0.714. The normalized spacial score (nSPS) is 15.4. The molecule has 0 rings (SSSR count). The zero-order valence-corrected chi connectivity index (χ0v) is 9.87. The minimum Gasteiger partial charge on any atom is -0.299 e. The van der Waals surface area contributed by atoms with Gasteiger partial charge in [-0.1, -0.05) is 20.8 Å². The van der Waals surface area contributed by atoms with Gasteiger partial charge in [0.05, 0.1) is 6.07 Å². The van der Waals surface area contributed by atoms with E-state index < -0.39 is 0 Å². The van der Waals surface area contributed by atoms with E-state index in [2.05, 4.69) is 25.2 Å². The Balaban J connectivity index is 3.78. The van der Waals surface area contributed by atoms with E-state index >= 15 is 0 Å². The van der Waals surface area contributed by atoms with E-state index in [1.54, 1.807) is 0 Å². The second-order valence-corrected chi connectivity index (χ2v) is 4.91. The molecule has 0 aliphatic rings. The molecule has 0 heterocycles. The average Bonchev–Trinajstić information content (AvgIpc) is 2.04. The van der Waals surface area contributed by atoms with E-state index in [4.69, 9.17) is 5.26 Å². The monoisotopic (exact) mass is 200 g/mol. The van der Waals surface area contributed by atoms with Crippen molar-refractivity contribution in [3.05, 3.63) is 0 Å². The van der Waals surface area contributed by atoms with Gasteiger partial charge in [0, 0.05) is 5.75 Å². The third-order valence-electron chi connectivity index (χ3n) is 1.66. The second-order valence-electron chi connectivity index (χ2n) is 3.88. The minimum absolute atomic E-state index is 0.353. The molecule has 3 heteroatoms. The van der Waals surface area contributed by atoms with Crippen LogP contribution in [0.3, 0.4) is 0 Å². The molecule has 2 nitrogen and oxygen atoms in total. The largest absolute Gasteiger partial charge is 0.299 e. The van der Waals surface area contributed by atoms with Gasteiger partial charge >= 0.3 is 0 Å². The molecule has 0 fully saturated rings. The highest BCUT2D eigenvalue weighted by Gasteiger charge is 2.21. The third kappa shape index (κ3) is 5.95. The Bertz CT molecular complexity index is 174. The smallest absolute Gasteiger partial charge is 0.113 e. The van der Waals surface area contributed by atoms with Gasteiger partial charge in [-0.3, -0.25) is 5.32 Å². The van der Waals surface area contributed by atoms with Crippen LogP contribution in [0.1, 0.15) is 27.7 Å². The molecule has 1 unspecified atom stereocenters. The predicted molar refractivity (Wildman–Crippen MR) is 59.9 cm³/mol. The van der Waals surface area contributed by atoms with Crippen LogP contribution in [0.2, 0.25) is 0 Å². The van der Waals surface area contributed by atoms with Crippen LogP contribution in [0.4, 0.5) is 0 Å². The molecule has 0 radical (unpaired) electrons. The van der Waals surface area contributed by atoms with Crippen LogP contribution in [0, 0.1) is 17.2 Å². The fourth-order valence-electron chi connectivity index (χ4n) is 1.01. The molecule has 0 aromatic carbocycles. The lowest BCUT2D eigenvalue weighted by molar-refractivity contribution is 0.511. The molecular weight excluding hydrogens is 180 g/mol. The van der Waals surface area contributed by atoms with E-state index in [9.17, 15) is 0 Å². The van der Waals surface area contributed by atoms with E-state index in [1.807, 2.05) is 25.6 Å². The van der Waals surface area contributed by atoms with Crippen molar-refractivity contribution in [3.63, 3.8) is 0 Å². The van der Waals surface area contributed by atoms with Crippen molar-refractivity contribution in [2.75, 3.05) is 18.1 Å². The maximum atomic E-state index is 8.96. The molecule has 0 aliphatic heterocycles. The molecule has 0 spiro atoms. The first-order valence-electron chi connectivity index (χ1n) is 4.78.